The van der Waals surface area contributed by atoms with E-state index >= 15 is 0 Å². The molecule has 1 saturated carbocycles. The van der Waals surface area contributed by atoms with E-state index in [1.54, 1.807) is 31.3 Å². The number of hydrazine groups is 1. The quantitative estimate of drug-likeness (QED) is 0.203. The van der Waals surface area contributed by atoms with E-state index in [9.17, 15) is 27.2 Å². The number of nitrogens with zero attached hydrogens (tertiary/aromatic N) is 2. The minimum absolute atomic E-state index is 0.0234. The lowest BCUT2D eigenvalue weighted by molar-refractivity contribution is -0.129. The molecular weight excluding hydrogens is 492 g/mol. The van der Waals surface area contributed by atoms with Gasteiger partial charge in [-0.2, -0.15) is 13.2 Å². The molecule has 4 rings (SSSR count). The molecule has 2 aliphatic rings. The highest BCUT2D eigenvalue weighted by Crippen LogP contribution is 2.25. The topological polar surface area (TPSA) is 112 Å². The van der Waals surface area contributed by atoms with Crippen LogP contribution in [-0.4, -0.2) is 47.8 Å². The molecule has 0 unspecified atom stereocenters. The predicted octanol–water partition coefficient (Wildman–Crippen LogP) is 3.05. The number of ketones is 1. The first-order chi connectivity index (χ1) is 17.5. The van der Waals surface area contributed by atoms with Crippen LogP contribution in [0.1, 0.15) is 35.2 Å². The number of nitrogens with one attached hydrogen (secondary N) is 3. The molecule has 0 saturated heterocycles. The van der Waals surface area contributed by atoms with Crippen LogP contribution < -0.4 is 21.8 Å². The number of benzene rings is 2. The second kappa shape index (κ2) is 10.6. The molecule has 37 heavy (non-hydrogen) atoms. The second-order valence-electron chi connectivity index (χ2n) is 8.86. The molecule has 1 fully saturated rings. The molecule has 2 aromatic carbocycles. The van der Waals surface area contributed by atoms with Crippen molar-refractivity contribution >= 4 is 23.2 Å². The second-order valence-corrected chi connectivity index (χ2v) is 8.86. The van der Waals surface area contributed by atoms with Gasteiger partial charge in [0.05, 0.1) is 11.3 Å². The first kappa shape index (κ1) is 26.1. The monoisotopic (exact) mass is 518 g/mol. The van der Waals surface area contributed by atoms with E-state index in [-0.39, 0.29) is 41.4 Å². The zero-order chi connectivity index (χ0) is 26.7. The van der Waals surface area contributed by atoms with Gasteiger partial charge < -0.3 is 16.4 Å². The molecule has 1 heterocycles. The molecule has 1 aliphatic carbocycles. The lowest BCUT2D eigenvalue weighted by Crippen LogP contribution is -2.57. The molecule has 196 valence electrons. The molecule has 0 radical (unpaired) electrons. The number of carbonyl (C=O) groups is 2. The van der Waals surface area contributed by atoms with Crippen LogP contribution >= 0.6 is 0 Å². The van der Waals surface area contributed by atoms with E-state index in [1.165, 1.54) is 11.1 Å². The summed E-state index contributed by atoms with van der Waals surface area (Å²) in [6.07, 6.45) is -2.60. The number of hydrogen-bond acceptors (Lipinski definition) is 6. The fourth-order valence-corrected chi connectivity index (χ4v) is 4.40. The van der Waals surface area contributed by atoms with Gasteiger partial charge in [0.1, 0.15) is 23.0 Å². The molecule has 8 nitrogen and oxygen atoms in total. The van der Waals surface area contributed by atoms with Crippen molar-refractivity contribution in [1.82, 2.24) is 21.1 Å². The maximum absolute atomic E-state index is 14.4. The maximum atomic E-state index is 14.4. The Bertz CT molecular complexity index is 1250. The number of rotatable bonds is 6. The molecule has 5 N–H and O–H groups in total. The number of halogens is 4. The van der Waals surface area contributed by atoms with Gasteiger partial charge in [-0.3, -0.25) is 14.6 Å². The molecule has 1 aliphatic heterocycles. The normalized spacial score (nSPS) is 20.7. The van der Waals surface area contributed by atoms with Crippen LogP contribution in [-0.2, 0) is 11.3 Å². The number of fused-ring (bicyclic) bond motifs is 1. The molecular formula is C25H26F4N6O2. The van der Waals surface area contributed by atoms with E-state index in [2.05, 4.69) is 21.1 Å². The zero-order valence-corrected chi connectivity index (χ0v) is 19.9. The summed E-state index contributed by atoms with van der Waals surface area (Å²) < 4.78 is 52.5. The largest absolute Gasteiger partial charge is 0.454 e. The van der Waals surface area contributed by atoms with Crippen LogP contribution in [0.4, 0.5) is 23.2 Å². The summed E-state index contributed by atoms with van der Waals surface area (Å²) in [7, 11) is 1.59. The van der Waals surface area contributed by atoms with Crippen molar-refractivity contribution in [3.63, 3.8) is 0 Å². The van der Waals surface area contributed by atoms with E-state index in [0.29, 0.717) is 5.69 Å². The van der Waals surface area contributed by atoms with Crippen LogP contribution in [0.15, 0.2) is 64.9 Å². The highest BCUT2D eigenvalue weighted by molar-refractivity contribution is 6.21. The standard InChI is InChI=1S/C25H26F4N6O2/c1-35-24(37)20(22(30)32-15-6-3-2-4-7-15)23(33-18-8-5-9-19(18)34-35)31-13-14-10-11-16(17(26)12-14)21(36)25(27,28)29/h2-4,6-7,10-12,18-19,31,33-34H,5,8-9,13H2,1H3,(H2,30,32)/t18-,19+/m0/s1. The minimum atomic E-state index is -5.18. The number of para-hydroxylation sites is 1. The van der Waals surface area contributed by atoms with Gasteiger partial charge in [0, 0.05) is 25.7 Å². The van der Waals surface area contributed by atoms with Crippen molar-refractivity contribution in [2.45, 2.75) is 44.1 Å². The summed E-state index contributed by atoms with van der Waals surface area (Å²) in [5.74, 6) is -3.80. The van der Waals surface area contributed by atoms with Crippen LogP contribution in [0.25, 0.3) is 0 Å². The van der Waals surface area contributed by atoms with Crippen LogP contribution in [0.2, 0.25) is 0 Å². The Balaban J connectivity index is 1.68. The van der Waals surface area contributed by atoms with Crippen molar-refractivity contribution in [1.29, 1.82) is 0 Å². The summed E-state index contributed by atoms with van der Waals surface area (Å²) in [5.41, 5.74) is 9.26. The van der Waals surface area contributed by atoms with E-state index in [4.69, 9.17) is 5.73 Å². The van der Waals surface area contributed by atoms with Crippen LogP contribution in [0, 0.1) is 5.82 Å². The number of nitrogens with two attached hydrogens (primary N) is 1. The number of Topliss-reactive ketones (excluding diaryl/α,β-unsaturated/α-hetero) is 1. The molecule has 12 heteroatoms. The van der Waals surface area contributed by atoms with Crippen molar-refractivity contribution in [2.75, 3.05) is 7.05 Å². The molecule has 0 bridgehead atoms. The summed E-state index contributed by atoms with van der Waals surface area (Å²) in [6.45, 7) is -0.0658. The van der Waals surface area contributed by atoms with Gasteiger partial charge >= 0.3 is 6.18 Å². The fourth-order valence-electron chi connectivity index (χ4n) is 4.40. The highest BCUT2D eigenvalue weighted by atomic mass is 19.4. The van der Waals surface area contributed by atoms with Gasteiger partial charge in [0.2, 0.25) is 0 Å². The van der Waals surface area contributed by atoms with Crippen molar-refractivity contribution in [3.05, 3.63) is 76.9 Å². The van der Waals surface area contributed by atoms with Crippen molar-refractivity contribution in [3.8, 4) is 0 Å². The highest BCUT2D eigenvalue weighted by Gasteiger charge is 2.40. The molecule has 0 aromatic heterocycles. The fraction of sp³-hybridized carbons (Fsp3) is 0.320. The van der Waals surface area contributed by atoms with Gasteiger partial charge in [-0.1, -0.05) is 24.3 Å². The summed E-state index contributed by atoms with van der Waals surface area (Å²) in [4.78, 5) is 29.2. The Labute approximate surface area is 210 Å². The van der Waals surface area contributed by atoms with Crippen molar-refractivity contribution in [2.24, 2.45) is 10.7 Å². The van der Waals surface area contributed by atoms with Crippen LogP contribution in [0.5, 0.6) is 0 Å². The number of amidine groups is 1. The molecule has 2 aromatic rings. The number of carbonyl (C=O) groups excluding carboxylic acids is 2. The zero-order valence-electron chi connectivity index (χ0n) is 19.9. The number of aliphatic imine (C=N–C) groups is 1. The smallest absolute Gasteiger partial charge is 0.383 e. The average molecular weight is 519 g/mol. The van der Waals surface area contributed by atoms with Crippen molar-refractivity contribution < 1.29 is 27.2 Å². The lowest BCUT2D eigenvalue weighted by atomic mass is 10.1. The minimum Gasteiger partial charge on any atom is -0.383 e. The van der Waals surface area contributed by atoms with Gasteiger partial charge in [-0.25, -0.2) is 14.8 Å². The number of alkyl halides is 3. The number of amides is 1. The first-order valence-corrected chi connectivity index (χ1v) is 11.6. The van der Waals surface area contributed by atoms with Gasteiger partial charge in [0.25, 0.3) is 11.7 Å². The Hall–Kier alpha value is -3.93. The Kier molecular flexibility index (Phi) is 7.48. The molecule has 0 spiro atoms. The van der Waals surface area contributed by atoms with E-state index in [1.807, 2.05) is 6.07 Å². The summed E-state index contributed by atoms with van der Waals surface area (Å²) in [5, 5.41) is 7.72. The first-order valence-electron chi connectivity index (χ1n) is 11.6. The van der Waals surface area contributed by atoms with Gasteiger partial charge in [0.15, 0.2) is 0 Å². The summed E-state index contributed by atoms with van der Waals surface area (Å²) >= 11 is 0. The molecule has 1 amide bonds. The van der Waals surface area contributed by atoms with Gasteiger partial charge in [-0.05, 0) is 49.1 Å². The predicted molar refractivity (Wildman–Crippen MR) is 129 cm³/mol. The number of likely N-dealkylation sites (N-methyl/N-ethyl adjacent to an activating group) is 1. The third-order valence-electron chi connectivity index (χ3n) is 6.24. The summed E-state index contributed by atoms with van der Waals surface area (Å²) in [6, 6.07) is 11.6. The third-order valence-corrected chi connectivity index (χ3v) is 6.24. The SMILES string of the molecule is CN1N[C@@H]2CCC[C@@H]2NC(NCc2ccc(C(=O)C(F)(F)F)c(F)c2)=C(C(N)=Nc2ccccc2)C1=O. The van der Waals surface area contributed by atoms with Gasteiger partial charge in [-0.15, -0.1) is 0 Å². The average Bonchev–Trinajstić information content (AvgIpc) is 3.27. The maximum Gasteiger partial charge on any atom is 0.454 e. The van der Waals surface area contributed by atoms with E-state index in [0.717, 1.165) is 31.4 Å². The lowest BCUT2D eigenvalue weighted by Gasteiger charge is -2.34. The van der Waals surface area contributed by atoms with E-state index < -0.39 is 29.2 Å². The Morgan fingerprint density at radius 1 is 1.16 bits per heavy atom. The third kappa shape index (κ3) is 5.91. The Morgan fingerprint density at radius 2 is 1.86 bits per heavy atom. The van der Waals surface area contributed by atoms with Crippen LogP contribution in [0.3, 0.4) is 0 Å². The Morgan fingerprint density at radius 3 is 2.54 bits per heavy atom. The molecule has 2 atom stereocenters. The number of hydrogen-bond donors (Lipinski definition) is 4.